The van der Waals surface area contributed by atoms with Gasteiger partial charge in [0.15, 0.2) is 0 Å². The van der Waals surface area contributed by atoms with E-state index in [1.165, 1.54) is 0 Å². The van der Waals surface area contributed by atoms with E-state index in [0.717, 1.165) is 55.5 Å². The third-order valence-electron chi connectivity index (χ3n) is 5.55. The number of hydrogen-bond donors (Lipinski definition) is 1. The number of benzene rings is 1. The molecule has 1 aliphatic heterocycles. The number of imidazole rings is 1. The summed E-state index contributed by atoms with van der Waals surface area (Å²) in [5.74, 6) is 1.38. The van der Waals surface area contributed by atoms with Gasteiger partial charge in [-0.05, 0) is 6.07 Å². The molecule has 3 heterocycles. The lowest BCUT2D eigenvalue weighted by Crippen LogP contribution is -2.46. The van der Waals surface area contributed by atoms with Gasteiger partial charge in [-0.1, -0.05) is 18.2 Å². The quantitative estimate of drug-likeness (QED) is 0.666. The van der Waals surface area contributed by atoms with Crippen LogP contribution >= 0.6 is 0 Å². The molecule has 1 aromatic carbocycles. The van der Waals surface area contributed by atoms with Crippen molar-refractivity contribution in [2.45, 2.75) is 12.6 Å². The van der Waals surface area contributed by atoms with E-state index >= 15 is 0 Å². The number of piperazine rings is 1. The predicted molar refractivity (Wildman–Crippen MR) is 118 cm³/mol. The Morgan fingerprint density at radius 3 is 2.37 bits per heavy atom. The number of aliphatic hydroxyl groups excluding tert-OH is 1. The van der Waals surface area contributed by atoms with Crippen LogP contribution in [0.3, 0.4) is 0 Å². The number of aryl methyl sites for hydroxylation is 1. The molecule has 0 aliphatic carbocycles. The lowest BCUT2D eigenvalue weighted by molar-refractivity contribution is 0.205. The van der Waals surface area contributed by atoms with Gasteiger partial charge in [0.2, 0.25) is 5.95 Å². The van der Waals surface area contributed by atoms with E-state index in [-0.39, 0.29) is 0 Å². The summed E-state index contributed by atoms with van der Waals surface area (Å²) in [5, 5.41) is 10.9. The number of para-hydroxylation sites is 1. The molecule has 1 N–H and O–H groups in total. The molecule has 0 radical (unpaired) electrons. The fraction of sp³-hybridized carbons (Fsp3) is 0.409. The van der Waals surface area contributed by atoms with Crippen LogP contribution in [0.1, 0.15) is 23.1 Å². The van der Waals surface area contributed by atoms with Crippen LogP contribution in [-0.2, 0) is 13.6 Å². The first-order valence-electron chi connectivity index (χ1n) is 10.2. The molecule has 0 spiro atoms. The van der Waals surface area contributed by atoms with Gasteiger partial charge in [-0.3, -0.25) is 4.90 Å². The Hall–Kier alpha value is -2.97. The summed E-state index contributed by atoms with van der Waals surface area (Å²) in [6.45, 7) is 4.55. The first-order chi connectivity index (χ1) is 14.5. The molecular formula is C22H29N7O. The van der Waals surface area contributed by atoms with Gasteiger partial charge in [-0.2, -0.15) is 0 Å². The van der Waals surface area contributed by atoms with Crippen molar-refractivity contribution in [2.75, 3.05) is 50.1 Å². The summed E-state index contributed by atoms with van der Waals surface area (Å²) < 4.78 is 1.86. The molecule has 1 saturated heterocycles. The van der Waals surface area contributed by atoms with Crippen molar-refractivity contribution < 1.29 is 5.11 Å². The molecule has 1 atom stereocenters. The molecule has 1 aliphatic rings. The van der Waals surface area contributed by atoms with Gasteiger partial charge in [0.25, 0.3) is 0 Å². The van der Waals surface area contributed by atoms with Crippen molar-refractivity contribution in [2.24, 2.45) is 7.05 Å². The van der Waals surface area contributed by atoms with Crippen molar-refractivity contribution in [3.05, 3.63) is 66.0 Å². The fourth-order valence-electron chi connectivity index (χ4n) is 3.85. The first-order valence-corrected chi connectivity index (χ1v) is 10.2. The number of hydrogen-bond acceptors (Lipinski definition) is 7. The average molecular weight is 408 g/mol. The Bertz CT molecular complexity index is 962. The maximum atomic E-state index is 10.9. The van der Waals surface area contributed by atoms with E-state index in [9.17, 15) is 5.11 Å². The van der Waals surface area contributed by atoms with Crippen LogP contribution in [0.15, 0.2) is 49.1 Å². The van der Waals surface area contributed by atoms with Gasteiger partial charge in [0, 0.05) is 95.5 Å². The Balaban J connectivity index is 1.41. The number of aliphatic hydroxyl groups is 1. The van der Waals surface area contributed by atoms with Crippen LogP contribution < -0.4 is 9.80 Å². The fourth-order valence-corrected chi connectivity index (χ4v) is 3.85. The minimum Gasteiger partial charge on any atom is -0.380 e. The maximum absolute atomic E-state index is 10.9. The van der Waals surface area contributed by atoms with Gasteiger partial charge < -0.3 is 19.5 Å². The van der Waals surface area contributed by atoms with Crippen LogP contribution in [0.5, 0.6) is 0 Å². The van der Waals surface area contributed by atoms with Gasteiger partial charge in [-0.25, -0.2) is 15.0 Å². The molecule has 4 rings (SSSR count). The van der Waals surface area contributed by atoms with E-state index in [0.29, 0.717) is 5.82 Å². The smallest absolute Gasteiger partial charge is 0.224 e. The zero-order valence-electron chi connectivity index (χ0n) is 17.8. The third-order valence-corrected chi connectivity index (χ3v) is 5.55. The van der Waals surface area contributed by atoms with Crippen molar-refractivity contribution in [3.8, 4) is 0 Å². The van der Waals surface area contributed by atoms with E-state index < -0.39 is 6.10 Å². The molecule has 1 unspecified atom stereocenters. The average Bonchev–Trinajstić information content (AvgIpc) is 3.20. The minimum absolute atomic E-state index is 0.655. The molecule has 1 fully saturated rings. The van der Waals surface area contributed by atoms with E-state index in [2.05, 4.69) is 30.8 Å². The summed E-state index contributed by atoms with van der Waals surface area (Å²) >= 11 is 0. The Labute approximate surface area is 177 Å². The van der Waals surface area contributed by atoms with Crippen molar-refractivity contribution >= 4 is 11.6 Å². The first kappa shape index (κ1) is 20.3. The summed E-state index contributed by atoms with van der Waals surface area (Å²) in [5.41, 5.74) is 3.10. The molecule has 2 aromatic heterocycles. The molecule has 8 heteroatoms. The number of rotatable bonds is 6. The van der Waals surface area contributed by atoms with Gasteiger partial charge in [0.05, 0.1) is 0 Å². The van der Waals surface area contributed by atoms with Gasteiger partial charge in [0.1, 0.15) is 11.9 Å². The summed E-state index contributed by atoms with van der Waals surface area (Å²) in [6.07, 6.45) is 6.65. The monoisotopic (exact) mass is 407 g/mol. The molecule has 0 amide bonds. The molecule has 158 valence electrons. The van der Waals surface area contributed by atoms with Gasteiger partial charge >= 0.3 is 0 Å². The van der Waals surface area contributed by atoms with Crippen LogP contribution in [0, 0.1) is 0 Å². The topological polar surface area (TPSA) is 73.6 Å². The number of aromatic nitrogens is 4. The van der Waals surface area contributed by atoms with Crippen molar-refractivity contribution in [3.63, 3.8) is 0 Å². The Morgan fingerprint density at radius 1 is 1.03 bits per heavy atom. The number of anilines is 2. The summed E-state index contributed by atoms with van der Waals surface area (Å²) in [7, 11) is 5.79. The lowest BCUT2D eigenvalue weighted by atomic mass is 10.0. The minimum atomic E-state index is -0.744. The molecule has 8 nitrogen and oxygen atoms in total. The molecule has 0 saturated carbocycles. The van der Waals surface area contributed by atoms with E-state index in [1.807, 2.05) is 67.4 Å². The predicted octanol–water partition coefficient (Wildman–Crippen LogP) is 1.68. The molecule has 30 heavy (non-hydrogen) atoms. The molecule has 3 aromatic rings. The normalized spacial score (nSPS) is 15.9. The van der Waals surface area contributed by atoms with Gasteiger partial charge in [-0.15, -0.1) is 0 Å². The lowest BCUT2D eigenvalue weighted by Gasteiger charge is -2.37. The highest BCUT2D eigenvalue weighted by molar-refractivity contribution is 5.56. The summed E-state index contributed by atoms with van der Waals surface area (Å²) in [4.78, 5) is 19.8. The van der Waals surface area contributed by atoms with E-state index in [4.69, 9.17) is 0 Å². The molecular weight excluding hydrogens is 378 g/mol. The summed E-state index contributed by atoms with van der Waals surface area (Å²) in [6, 6.07) is 8.08. The second-order valence-corrected chi connectivity index (χ2v) is 7.91. The molecule has 0 bridgehead atoms. The second-order valence-electron chi connectivity index (χ2n) is 7.91. The zero-order valence-corrected chi connectivity index (χ0v) is 17.8. The van der Waals surface area contributed by atoms with Crippen LogP contribution in [0.2, 0.25) is 0 Å². The highest BCUT2D eigenvalue weighted by Crippen LogP contribution is 2.30. The SMILES string of the molecule is CN(C)c1ncc(CN2CCN(c3ccccc3C(O)c3nccn3C)CC2)cn1. The zero-order chi connectivity index (χ0) is 21.1. The van der Waals surface area contributed by atoms with E-state index in [1.54, 1.807) is 6.20 Å². The second kappa shape index (κ2) is 8.81. The van der Waals surface area contributed by atoms with Crippen molar-refractivity contribution in [1.29, 1.82) is 0 Å². The number of nitrogens with zero attached hydrogens (tertiary/aromatic N) is 7. The highest BCUT2D eigenvalue weighted by atomic mass is 16.3. The standard InChI is InChI=1S/C22H29N7O/c1-26(2)22-24-14-17(15-25-22)16-28-10-12-29(13-11-28)19-7-5-4-6-18(19)20(30)21-23-8-9-27(21)3/h4-9,14-15,20,30H,10-13,16H2,1-3H3. The highest BCUT2D eigenvalue weighted by Gasteiger charge is 2.24. The maximum Gasteiger partial charge on any atom is 0.224 e. The van der Waals surface area contributed by atoms with Crippen LogP contribution in [0.4, 0.5) is 11.6 Å². The largest absolute Gasteiger partial charge is 0.380 e. The Kier molecular flexibility index (Phi) is 5.96. The van der Waals surface area contributed by atoms with Crippen LogP contribution in [-0.4, -0.2) is 69.8 Å². The van der Waals surface area contributed by atoms with Crippen LogP contribution in [0.25, 0.3) is 0 Å². The third kappa shape index (κ3) is 4.29. The Morgan fingerprint density at radius 2 is 1.73 bits per heavy atom. The van der Waals surface area contributed by atoms with Crippen molar-refractivity contribution in [1.82, 2.24) is 24.4 Å².